The largest absolute Gasteiger partial charge is 0.465 e. The lowest BCUT2D eigenvalue weighted by atomic mass is 10.1. The number of carbonyl (C=O) groups excluding carboxylic acids is 1. The van der Waals surface area contributed by atoms with Gasteiger partial charge in [-0.05, 0) is 32.4 Å². The van der Waals surface area contributed by atoms with E-state index in [0.717, 1.165) is 25.9 Å². The molecule has 26 heavy (non-hydrogen) atoms. The molecule has 0 spiro atoms. The Balaban J connectivity index is 3.99. The minimum absolute atomic E-state index is 0.0296. The lowest BCUT2D eigenvalue weighted by Crippen LogP contribution is -2.33. The standard InChI is InChI=1S/C23H47NO2/c1-4-7-10-12-14-16-19-24(20-17-15-13-11-8-5-2)22-23(25)26-21-18-9-6-3/h4-22H2,1-3H3. The highest BCUT2D eigenvalue weighted by molar-refractivity contribution is 5.71. The van der Waals surface area contributed by atoms with Crippen LogP contribution in [0.1, 0.15) is 117 Å². The van der Waals surface area contributed by atoms with Crippen LogP contribution in [0.5, 0.6) is 0 Å². The molecule has 0 N–H and O–H groups in total. The van der Waals surface area contributed by atoms with E-state index in [1.165, 1.54) is 83.5 Å². The minimum Gasteiger partial charge on any atom is -0.465 e. The number of rotatable bonds is 20. The first-order chi connectivity index (χ1) is 12.7. The first-order valence-corrected chi connectivity index (χ1v) is 11.6. The summed E-state index contributed by atoms with van der Waals surface area (Å²) in [7, 11) is 0. The van der Waals surface area contributed by atoms with Gasteiger partial charge in [0, 0.05) is 0 Å². The zero-order valence-electron chi connectivity index (χ0n) is 18.2. The third-order valence-corrected chi connectivity index (χ3v) is 5.02. The SMILES string of the molecule is CCCCCCCCN(CCCCCCCC)CC(=O)OCCCCC. The second-order valence-electron chi connectivity index (χ2n) is 7.74. The second kappa shape index (κ2) is 20.7. The van der Waals surface area contributed by atoms with Gasteiger partial charge in [0.05, 0.1) is 13.2 Å². The molecule has 0 unspecified atom stereocenters. The Bertz CT molecular complexity index is 278. The number of unbranched alkanes of at least 4 members (excludes halogenated alkanes) is 12. The zero-order valence-corrected chi connectivity index (χ0v) is 18.2. The van der Waals surface area contributed by atoms with Crippen LogP contribution < -0.4 is 0 Å². The molecule has 0 heterocycles. The van der Waals surface area contributed by atoms with Gasteiger partial charge in [0.2, 0.25) is 0 Å². The molecule has 3 heteroatoms. The van der Waals surface area contributed by atoms with E-state index in [9.17, 15) is 4.79 Å². The summed E-state index contributed by atoms with van der Waals surface area (Å²) in [5.41, 5.74) is 0. The van der Waals surface area contributed by atoms with Crippen LogP contribution in [0.3, 0.4) is 0 Å². The third-order valence-electron chi connectivity index (χ3n) is 5.02. The molecule has 3 nitrogen and oxygen atoms in total. The molecule has 0 aliphatic rings. The van der Waals surface area contributed by atoms with Crippen LogP contribution in [-0.4, -0.2) is 37.1 Å². The van der Waals surface area contributed by atoms with Crippen LogP contribution in [0.15, 0.2) is 0 Å². The van der Waals surface area contributed by atoms with Crippen molar-refractivity contribution in [2.45, 2.75) is 117 Å². The van der Waals surface area contributed by atoms with E-state index in [1.54, 1.807) is 0 Å². The summed E-state index contributed by atoms with van der Waals surface area (Å²) in [6, 6.07) is 0. The average Bonchev–Trinajstić information content (AvgIpc) is 2.64. The monoisotopic (exact) mass is 369 g/mol. The van der Waals surface area contributed by atoms with E-state index in [-0.39, 0.29) is 5.97 Å². The molecule has 0 aromatic heterocycles. The lowest BCUT2D eigenvalue weighted by molar-refractivity contribution is -0.145. The number of hydrogen-bond donors (Lipinski definition) is 0. The number of hydrogen-bond acceptors (Lipinski definition) is 3. The van der Waals surface area contributed by atoms with Gasteiger partial charge in [-0.1, -0.05) is 97.8 Å². The van der Waals surface area contributed by atoms with E-state index in [1.807, 2.05) is 0 Å². The third kappa shape index (κ3) is 18.2. The lowest BCUT2D eigenvalue weighted by Gasteiger charge is -2.21. The molecule has 0 radical (unpaired) electrons. The van der Waals surface area contributed by atoms with Gasteiger partial charge in [0.1, 0.15) is 0 Å². The van der Waals surface area contributed by atoms with Crippen molar-refractivity contribution in [3.8, 4) is 0 Å². The summed E-state index contributed by atoms with van der Waals surface area (Å²) in [5, 5.41) is 0. The van der Waals surface area contributed by atoms with E-state index >= 15 is 0 Å². The molecule has 0 bridgehead atoms. The summed E-state index contributed by atoms with van der Waals surface area (Å²) in [6.07, 6.45) is 19.0. The zero-order chi connectivity index (χ0) is 19.3. The molecule has 0 rings (SSSR count). The van der Waals surface area contributed by atoms with Gasteiger partial charge in [-0.15, -0.1) is 0 Å². The molecule has 0 aliphatic heterocycles. The highest BCUT2D eigenvalue weighted by Crippen LogP contribution is 2.09. The van der Waals surface area contributed by atoms with Gasteiger partial charge in [-0.25, -0.2) is 0 Å². The molecule has 0 atom stereocenters. The van der Waals surface area contributed by atoms with Gasteiger partial charge in [0.15, 0.2) is 0 Å². The Morgan fingerprint density at radius 3 is 1.54 bits per heavy atom. The molecule has 0 aliphatic carbocycles. The normalized spacial score (nSPS) is 11.2. The van der Waals surface area contributed by atoms with Crippen molar-refractivity contribution in [3.63, 3.8) is 0 Å². The Morgan fingerprint density at radius 1 is 0.615 bits per heavy atom. The number of nitrogens with zero attached hydrogens (tertiary/aromatic N) is 1. The smallest absolute Gasteiger partial charge is 0.320 e. The van der Waals surface area contributed by atoms with Gasteiger partial charge in [0.25, 0.3) is 0 Å². The topological polar surface area (TPSA) is 29.5 Å². The first-order valence-electron chi connectivity index (χ1n) is 11.6. The van der Waals surface area contributed by atoms with Crippen molar-refractivity contribution in [1.29, 1.82) is 0 Å². The van der Waals surface area contributed by atoms with E-state index in [4.69, 9.17) is 4.74 Å². The van der Waals surface area contributed by atoms with Crippen LogP contribution in [0, 0.1) is 0 Å². The fourth-order valence-electron chi connectivity index (χ4n) is 3.27. The molecule has 156 valence electrons. The van der Waals surface area contributed by atoms with Gasteiger partial charge in [-0.3, -0.25) is 9.69 Å². The maximum atomic E-state index is 12.1. The molecule has 0 amide bonds. The summed E-state index contributed by atoms with van der Waals surface area (Å²) in [5.74, 6) is -0.0296. The molecule has 0 fully saturated rings. The highest BCUT2D eigenvalue weighted by atomic mass is 16.5. The Kier molecular flexibility index (Phi) is 20.3. The Morgan fingerprint density at radius 2 is 1.04 bits per heavy atom. The quantitative estimate of drug-likeness (QED) is 0.176. The fraction of sp³-hybridized carbons (Fsp3) is 0.957. The molecule has 0 saturated carbocycles. The van der Waals surface area contributed by atoms with Crippen molar-refractivity contribution < 1.29 is 9.53 Å². The minimum atomic E-state index is -0.0296. The summed E-state index contributed by atoms with van der Waals surface area (Å²) < 4.78 is 5.41. The molecule has 0 aromatic carbocycles. The fourth-order valence-corrected chi connectivity index (χ4v) is 3.27. The molecule has 0 saturated heterocycles. The molecule has 0 aromatic rings. The van der Waals surface area contributed by atoms with Crippen molar-refractivity contribution in [2.75, 3.05) is 26.2 Å². The van der Waals surface area contributed by atoms with Crippen LogP contribution in [0.2, 0.25) is 0 Å². The van der Waals surface area contributed by atoms with Crippen molar-refractivity contribution in [3.05, 3.63) is 0 Å². The average molecular weight is 370 g/mol. The van der Waals surface area contributed by atoms with Crippen LogP contribution in [0.4, 0.5) is 0 Å². The molecular weight excluding hydrogens is 322 g/mol. The summed E-state index contributed by atoms with van der Waals surface area (Å²) in [4.78, 5) is 14.4. The maximum Gasteiger partial charge on any atom is 0.320 e. The van der Waals surface area contributed by atoms with Crippen LogP contribution in [0.25, 0.3) is 0 Å². The Hall–Kier alpha value is -0.570. The van der Waals surface area contributed by atoms with E-state index in [0.29, 0.717) is 13.2 Å². The Labute approximate surface area is 164 Å². The molecular formula is C23H47NO2. The number of esters is 1. The van der Waals surface area contributed by atoms with E-state index in [2.05, 4.69) is 25.7 Å². The predicted molar refractivity (Wildman–Crippen MR) is 114 cm³/mol. The maximum absolute atomic E-state index is 12.1. The number of ether oxygens (including phenoxy) is 1. The second-order valence-corrected chi connectivity index (χ2v) is 7.74. The summed E-state index contributed by atoms with van der Waals surface area (Å²) in [6.45, 7) is 9.86. The highest BCUT2D eigenvalue weighted by Gasteiger charge is 2.11. The van der Waals surface area contributed by atoms with Crippen molar-refractivity contribution >= 4 is 5.97 Å². The van der Waals surface area contributed by atoms with Gasteiger partial charge in [-0.2, -0.15) is 0 Å². The van der Waals surface area contributed by atoms with Gasteiger partial charge < -0.3 is 4.74 Å². The van der Waals surface area contributed by atoms with E-state index < -0.39 is 0 Å². The van der Waals surface area contributed by atoms with Crippen LogP contribution >= 0.6 is 0 Å². The predicted octanol–water partition coefficient (Wildman–Crippen LogP) is 6.74. The van der Waals surface area contributed by atoms with Crippen LogP contribution in [-0.2, 0) is 9.53 Å². The van der Waals surface area contributed by atoms with Gasteiger partial charge >= 0.3 is 5.97 Å². The number of carbonyl (C=O) groups is 1. The first kappa shape index (κ1) is 25.4. The summed E-state index contributed by atoms with van der Waals surface area (Å²) >= 11 is 0. The van der Waals surface area contributed by atoms with Crippen molar-refractivity contribution in [2.24, 2.45) is 0 Å². The van der Waals surface area contributed by atoms with Crippen molar-refractivity contribution in [1.82, 2.24) is 4.90 Å².